The molecule has 0 atom stereocenters. The lowest BCUT2D eigenvalue weighted by Gasteiger charge is -2.01. The van der Waals surface area contributed by atoms with E-state index >= 15 is 0 Å². The minimum Gasteiger partial charge on any atom is -0.0683 e. The Balaban J connectivity index is 0.000000921. The van der Waals surface area contributed by atoms with Crippen LogP contribution in [0.5, 0.6) is 0 Å². The largest absolute Gasteiger partial charge is 0.0683 e. The second-order valence-electron chi connectivity index (χ2n) is 3.80. The predicted molar refractivity (Wildman–Crippen MR) is 70.4 cm³/mol. The first-order valence-corrected chi connectivity index (χ1v) is 6.38. The van der Waals surface area contributed by atoms with Crippen molar-refractivity contribution < 1.29 is 0 Å². The third kappa shape index (κ3) is 7.18. The topological polar surface area (TPSA) is 0 Å². The summed E-state index contributed by atoms with van der Waals surface area (Å²) in [6.45, 7) is 8.40. The second kappa shape index (κ2) is 9.76. The van der Waals surface area contributed by atoms with Crippen LogP contribution in [0.3, 0.4) is 0 Å². The first-order chi connectivity index (χ1) is 7.33. The molecule has 0 aliphatic rings. The van der Waals surface area contributed by atoms with Crippen LogP contribution in [0.1, 0.15) is 57.6 Å². The molecule has 0 bridgehead atoms. The number of hydrogen-bond donors (Lipinski definition) is 0. The minimum atomic E-state index is 1.25. The Morgan fingerprint density at radius 3 is 2.00 bits per heavy atom. The summed E-state index contributed by atoms with van der Waals surface area (Å²) in [6, 6.07) is 8.91. The highest BCUT2D eigenvalue weighted by Gasteiger charge is 1.92. The molecular weight excluding hydrogens is 180 g/mol. The molecule has 15 heavy (non-hydrogen) atoms. The van der Waals surface area contributed by atoms with Gasteiger partial charge in [-0.15, -0.1) is 0 Å². The lowest BCUT2D eigenvalue weighted by molar-refractivity contribution is 0.667. The third-order valence-corrected chi connectivity index (χ3v) is 2.44. The summed E-state index contributed by atoms with van der Waals surface area (Å²) in [5.74, 6) is 0. The van der Waals surface area contributed by atoms with Crippen molar-refractivity contribution in [3.63, 3.8) is 0 Å². The average molecular weight is 206 g/mol. The highest BCUT2D eigenvalue weighted by molar-refractivity contribution is 5.21. The Kier molecular flexibility index (Phi) is 9.26. The molecule has 0 saturated heterocycles. The SMILES string of the molecule is CC.CCCCCCc1ccc(C)cc1. The van der Waals surface area contributed by atoms with E-state index in [1.807, 2.05) is 13.8 Å². The van der Waals surface area contributed by atoms with Crippen molar-refractivity contribution in [2.45, 2.75) is 59.8 Å². The van der Waals surface area contributed by atoms with Gasteiger partial charge in [0.1, 0.15) is 0 Å². The normalized spacial score (nSPS) is 9.33. The van der Waals surface area contributed by atoms with E-state index in [-0.39, 0.29) is 0 Å². The molecule has 0 heteroatoms. The van der Waals surface area contributed by atoms with Crippen molar-refractivity contribution in [3.05, 3.63) is 35.4 Å². The molecule has 1 aromatic rings. The third-order valence-electron chi connectivity index (χ3n) is 2.44. The lowest BCUT2D eigenvalue weighted by atomic mass is 10.1. The minimum absolute atomic E-state index is 1.25. The van der Waals surface area contributed by atoms with Crippen LogP contribution >= 0.6 is 0 Å². The van der Waals surface area contributed by atoms with E-state index in [9.17, 15) is 0 Å². The fourth-order valence-corrected chi connectivity index (χ4v) is 1.51. The average Bonchev–Trinajstić information content (AvgIpc) is 2.30. The van der Waals surface area contributed by atoms with Crippen LogP contribution in [0.15, 0.2) is 24.3 Å². The molecule has 0 fully saturated rings. The van der Waals surface area contributed by atoms with E-state index in [1.165, 1.54) is 43.2 Å². The van der Waals surface area contributed by atoms with Crippen molar-refractivity contribution in [2.75, 3.05) is 0 Å². The molecule has 0 spiro atoms. The second-order valence-corrected chi connectivity index (χ2v) is 3.80. The van der Waals surface area contributed by atoms with Gasteiger partial charge in [0.25, 0.3) is 0 Å². The molecule has 0 N–H and O–H groups in total. The molecule has 0 saturated carbocycles. The number of unbranched alkanes of at least 4 members (excludes halogenated alkanes) is 3. The summed E-state index contributed by atoms with van der Waals surface area (Å²) < 4.78 is 0. The van der Waals surface area contributed by atoms with E-state index in [4.69, 9.17) is 0 Å². The van der Waals surface area contributed by atoms with Crippen molar-refractivity contribution in [1.82, 2.24) is 0 Å². The van der Waals surface area contributed by atoms with Crippen molar-refractivity contribution in [1.29, 1.82) is 0 Å². The molecule has 0 unspecified atom stereocenters. The van der Waals surface area contributed by atoms with Gasteiger partial charge in [-0.3, -0.25) is 0 Å². The molecular formula is C15H26. The van der Waals surface area contributed by atoms with Gasteiger partial charge in [0.15, 0.2) is 0 Å². The van der Waals surface area contributed by atoms with Gasteiger partial charge in [0, 0.05) is 0 Å². The maximum atomic E-state index is 2.26. The number of hydrogen-bond acceptors (Lipinski definition) is 0. The van der Waals surface area contributed by atoms with E-state index in [0.717, 1.165) is 0 Å². The van der Waals surface area contributed by atoms with E-state index in [1.54, 1.807) is 0 Å². The van der Waals surface area contributed by atoms with Crippen LogP contribution in [0.4, 0.5) is 0 Å². The highest BCUT2D eigenvalue weighted by atomic mass is 14.0. The smallest absolute Gasteiger partial charge is 0.0279 e. The summed E-state index contributed by atoms with van der Waals surface area (Å²) >= 11 is 0. The summed E-state index contributed by atoms with van der Waals surface area (Å²) in [7, 11) is 0. The molecule has 0 aromatic heterocycles. The number of benzene rings is 1. The zero-order valence-electron chi connectivity index (χ0n) is 10.8. The van der Waals surface area contributed by atoms with Gasteiger partial charge in [-0.25, -0.2) is 0 Å². The summed E-state index contributed by atoms with van der Waals surface area (Å²) in [5.41, 5.74) is 2.85. The van der Waals surface area contributed by atoms with Gasteiger partial charge in [0.2, 0.25) is 0 Å². The maximum absolute atomic E-state index is 2.26. The molecule has 0 nitrogen and oxygen atoms in total. The first-order valence-electron chi connectivity index (χ1n) is 6.38. The summed E-state index contributed by atoms with van der Waals surface area (Å²) in [4.78, 5) is 0. The quantitative estimate of drug-likeness (QED) is 0.585. The molecule has 1 aromatic carbocycles. The van der Waals surface area contributed by atoms with Crippen LogP contribution < -0.4 is 0 Å². The molecule has 0 heterocycles. The molecule has 0 amide bonds. The number of aryl methyl sites for hydroxylation is 2. The first kappa shape index (κ1) is 14.2. The molecule has 0 aliphatic carbocycles. The van der Waals surface area contributed by atoms with Crippen molar-refractivity contribution in [2.24, 2.45) is 0 Å². The Morgan fingerprint density at radius 2 is 1.47 bits per heavy atom. The fraction of sp³-hybridized carbons (Fsp3) is 0.600. The Bertz CT molecular complexity index is 220. The highest BCUT2D eigenvalue weighted by Crippen LogP contribution is 2.08. The standard InChI is InChI=1S/C13H20.C2H6/c1-3-4-5-6-7-13-10-8-12(2)9-11-13;1-2/h8-11H,3-7H2,1-2H3;1-2H3. The van der Waals surface area contributed by atoms with Gasteiger partial charge < -0.3 is 0 Å². The summed E-state index contributed by atoms with van der Waals surface area (Å²) in [6.07, 6.45) is 6.68. The Hall–Kier alpha value is -0.780. The van der Waals surface area contributed by atoms with Crippen LogP contribution in [0.25, 0.3) is 0 Å². The zero-order chi connectivity index (χ0) is 11.5. The Morgan fingerprint density at radius 1 is 0.867 bits per heavy atom. The molecule has 0 radical (unpaired) electrons. The zero-order valence-corrected chi connectivity index (χ0v) is 10.8. The van der Waals surface area contributed by atoms with Crippen LogP contribution in [-0.4, -0.2) is 0 Å². The van der Waals surface area contributed by atoms with Crippen LogP contribution in [-0.2, 0) is 6.42 Å². The van der Waals surface area contributed by atoms with Gasteiger partial charge in [-0.05, 0) is 25.3 Å². The lowest BCUT2D eigenvalue weighted by Crippen LogP contribution is -1.85. The fourth-order valence-electron chi connectivity index (χ4n) is 1.51. The molecule has 86 valence electrons. The van der Waals surface area contributed by atoms with Crippen molar-refractivity contribution in [3.8, 4) is 0 Å². The molecule has 0 aliphatic heterocycles. The monoisotopic (exact) mass is 206 g/mol. The van der Waals surface area contributed by atoms with Crippen molar-refractivity contribution >= 4 is 0 Å². The van der Waals surface area contributed by atoms with Crippen LogP contribution in [0, 0.1) is 6.92 Å². The Labute approximate surface area is 95.7 Å². The predicted octanol–water partition coefficient (Wildman–Crippen LogP) is 5.14. The van der Waals surface area contributed by atoms with E-state index in [2.05, 4.69) is 38.1 Å². The maximum Gasteiger partial charge on any atom is -0.0279 e. The van der Waals surface area contributed by atoms with Gasteiger partial charge >= 0.3 is 0 Å². The van der Waals surface area contributed by atoms with E-state index in [0.29, 0.717) is 0 Å². The van der Waals surface area contributed by atoms with Crippen LogP contribution in [0.2, 0.25) is 0 Å². The number of rotatable bonds is 5. The van der Waals surface area contributed by atoms with E-state index < -0.39 is 0 Å². The van der Waals surface area contributed by atoms with Gasteiger partial charge in [-0.2, -0.15) is 0 Å². The summed E-state index contributed by atoms with van der Waals surface area (Å²) in [5, 5.41) is 0. The van der Waals surface area contributed by atoms with Gasteiger partial charge in [0.05, 0.1) is 0 Å². The molecule has 1 rings (SSSR count). The van der Waals surface area contributed by atoms with Gasteiger partial charge in [-0.1, -0.05) is 69.9 Å².